The zero-order valence-electron chi connectivity index (χ0n) is 23.1. The zero-order valence-corrected chi connectivity index (χ0v) is 23.9. The Labute approximate surface area is 245 Å². The second-order valence-electron chi connectivity index (χ2n) is 9.70. The highest BCUT2D eigenvalue weighted by Crippen LogP contribution is 2.32. The molecule has 1 atom stereocenters. The van der Waals surface area contributed by atoms with Crippen LogP contribution in [0.4, 0.5) is 5.69 Å². The summed E-state index contributed by atoms with van der Waals surface area (Å²) in [4.78, 5) is 0.215. The number of nitrogen functional groups attached to an aromatic ring is 1. The smallest absolute Gasteiger partial charge is 0.241 e. The van der Waals surface area contributed by atoms with Crippen LogP contribution in [0.25, 0.3) is 10.8 Å². The van der Waals surface area contributed by atoms with Crippen LogP contribution in [0.2, 0.25) is 0 Å². The van der Waals surface area contributed by atoms with Gasteiger partial charge in [-0.2, -0.15) is 0 Å². The average Bonchev–Trinajstić information content (AvgIpc) is 3.02. The van der Waals surface area contributed by atoms with Crippen molar-refractivity contribution in [3.05, 3.63) is 132 Å². The highest BCUT2D eigenvalue weighted by molar-refractivity contribution is 7.89. The van der Waals surface area contributed by atoms with Gasteiger partial charge in [0, 0.05) is 23.2 Å². The highest BCUT2D eigenvalue weighted by Gasteiger charge is 2.21. The number of fused-ring (bicyclic) bond motifs is 1. The second-order valence-corrected chi connectivity index (χ2v) is 11.4. The maximum Gasteiger partial charge on any atom is 0.241 e. The van der Waals surface area contributed by atoms with Crippen molar-refractivity contribution < 1.29 is 17.9 Å². The van der Waals surface area contributed by atoms with Gasteiger partial charge in [-0.15, -0.1) is 0 Å². The van der Waals surface area contributed by atoms with Crippen molar-refractivity contribution in [3.63, 3.8) is 0 Å². The van der Waals surface area contributed by atoms with E-state index >= 15 is 0 Å². The summed E-state index contributed by atoms with van der Waals surface area (Å²) in [6.45, 7) is 0.430. The molecule has 5 aromatic rings. The maximum atomic E-state index is 13.5. The number of benzene rings is 5. The van der Waals surface area contributed by atoms with Crippen LogP contribution in [0.1, 0.15) is 22.7 Å². The van der Waals surface area contributed by atoms with E-state index in [4.69, 9.17) is 20.6 Å². The predicted octanol–water partition coefficient (Wildman–Crippen LogP) is 5.84. The molecular weight excluding hydrogens is 548 g/mol. The van der Waals surface area contributed by atoms with Gasteiger partial charge in [0.25, 0.3) is 0 Å². The van der Waals surface area contributed by atoms with Crippen LogP contribution in [0.3, 0.4) is 0 Å². The number of amidine groups is 1. The average molecular weight is 581 g/mol. The number of ether oxygens (including phenoxy) is 2. The lowest BCUT2D eigenvalue weighted by molar-refractivity contribution is 0.284. The van der Waals surface area contributed by atoms with Crippen LogP contribution < -0.4 is 25.2 Å². The van der Waals surface area contributed by atoms with Gasteiger partial charge in [0.05, 0.1) is 18.0 Å². The van der Waals surface area contributed by atoms with E-state index in [1.165, 1.54) is 0 Å². The molecule has 0 fully saturated rings. The molecule has 0 spiro atoms. The number of hydrogen-bond donors (Lipinski definition) is 4. The molecule has 8 nitrogen and oxygen atoms in total. The fraction of sp³-hybridized carbons (Fsp3) is 0.121. The summed E-state index contributed by atoms with van der Waals surface area (Å²) >= 11 is 0. The molecule has 0 amide bonds. The first-order chi connectivity index (χ1) is 20.3. The number of nitrogens with one attached hydrogen (secondary N) is 3. The molecule has 0 saturated heterocycles. The SMILES string of the molecule is COc1cc(C(CNS(=O)(=O)c2cccc3ccccc23)Nc2ccc(C(=N)N)cc2)ccc1OCc1ccccc1. The van der Waals surface area contributed by atoms with Crippen molar-refractivity contribution in [2.45, 2.75) is 17.5 Å². The molecule has 0 radical (unpaired) electrons. The normalized spacial score (nSPS) is 12.0. The third kappa shape index (κ3) is 6.71. The topological polar surface area (TPSA) is 127 Å². The Morgan fingerprint density at radius 3 is 2.31 bits per heavy atom. The van der Waals surface area contributed by atoms with E-state index in [9.17, 15) is 8.42 Å². The van der Waals surface area contributed by atoms with Crippen LogP contribution in [0.15, 0.2) is 120 Å². The number of nitrogens with two attached hydrogens (primary N) is 1. The molecule has 0 aliphatic heterocycles. The summed E-state index contributed by atoms with van der Waals surface area (Å²) in [6, 6.07) is 34.6. The minimum Gasteiger partial charge on any atom is -0.493 e. The molecule has 0 saturated carbocycles. The standard InChI is InChI=1S/C33H32N4O4S/c1-40-31-20-26(16-19-30(31)41-22-23-8-3-2-4-9-23)29(37-27-17-14-25(15-18-27)33(34)35)21-36-42(38,39)32-13-7-11-24-10-5-6-12-28(24)32/h2-20,29,36-37H,21-22H2,1H3,(H3,34,35). The van der Waals surface area contributed by atoms with Crippen LogP contribution in [-0.2, 0) is 16.6 Å². The van der Waals surface area contributed by atoms with E-state index in [1.54, 1.807) is 49.6 Å². The van der Waals surface area contributed by atoms with Gasteiger partial charge in [0.1, 0.15) is 12.4 Å². The molecule has 0 aliphatic carbocycles. The largest absolute Gasteiger partial charge is 0.493 e. The minimum atomic E-state index is -3.85. The van der Waals surface area contributed by atoms with E-state index in [-0.39, 0.29) is 17.3 Å². The van der Waals surface area contributed by atoms with Gasteiger partial charge in [0.2, 0.25) is 10.0 Å². The monoisotopic (exact) mass is 580 g/mol. The Balaban J connectivity index is 1.42. The van der Waals surface area contributed by atoms with Crippen molar-refractivity contribution in [2.75, 3.05) is 19.0 Å². The van der Waals surface area contributed by atoms with E-state index in [0.717, 1.165) is 22.2 Å². The fourth-order valence-electron chi connectivity index (χ4n) is 4.66. The third-order valence-corrected chi connectivity index (χ3v) is 8.36. The van der Waals surface area contributed by atoms with Gasteiger partial charge >= 0.3 is 0 Å². The summed E-state index contributed by atoms with van der Waals surface area (Å²) in [5.74, 6) is 1.07. The number of anilines is 1. The molecule has 1 unspecified atom stereocenters. The lowest BCUT2D eigenvalue weighted by Crippen LogP contribution is -2.31. The van der Waals surface area contributed by atoms with Gasteiger partial charge in [-0.25, -0.2) is 13.1 Å². The number of methoxy groups -OCH3 is 1. The summed E-state index contributed by atoms with van der Waals surface area (Å²) in [5.41, 5.74) is 8.76. The summed E-state index contributed by atoms with van der Waals surface area (Å²) in [7, 11) is -2.28. The van der Waals surface area contributed by atoms with Gasteiger partial charge in [-0.3, -0.25) is 5.41 Å². The summed E-state index contributed by atoms with van der Waals surface area (Å²) < 4.78 is 41.5. The van der Waals surface area contributed by atoms with Crippen molar-refractivity contribution in [3.8, 4) is 11.5 Å². The van der Waals surface area contributed by atoms with Crippen LogP contribution in [0, 0.1) is 5.41 Å². The maximum absolute atomic E-state index is 13.5. The fourth-order valence-corrected chi connectivity index (χ4v) is 5.93. The molecule has 42 heavy (non-hydrogen) atoms. The molecule has 9 heteroatoms. The Hall–Kier alpha value is -4.86. The van der Waals surface area contributed by atoms with Crippen molar-refractivity contribution in [2.24, 2.45) is 5.73 Å². The predicted molar refractivity (Wildman–Crippen MR) is 167 cm³/mol. The first-order valence-electron chi connectivity index (χ1n) is 13.4. The Kier molecular flexibility index (Phi) is 8.71. The number of sulfonamides is 1. The molecule has 0 bridgehead atoms. The zero-order chi connectivity index (χ0) is 29.5. The molecule has 5 rings (SSSR count). The van der Waals surface area contributed by atoms with Crippen molar-refractivity contribution in [1.82, 2.24) is 4.72 Å². The van der Waals surface area contributed by atoms with E-state index in [1.807, 2.05) is 72.8 Å². The molecule has 5 N–H and O–H groups in total. The quantitative estimate of drug-likeness (QED) is 0.108. The summed E-state index contributed by atoms with van der Waals surface area (Å²) in [5, 5.41) is 12.6. The minimum absolute atomic E-state index is 0.0308. The lowest BCUT2D eigenvalue weighted by Gasteiger charge is -2.23. The second kappa shape index (κ2) is 12.8. The van der Waals surface area contributed by atoms with Crippen LogP contribution in [-0.4, -0.2) is 27.9 Å². The van der Waals surface area contributed by atoms with E-state index < -0.39 is 16.1 Å². The molecule has 0 aliphatic rings. The Morgan fingerprint density at radius 1 is 0.857 bits per heavy atom. The summed E-state index contributed by atoms with van der Waals surface area (Å²) in [6.07, 6.45) is 0. The van der Waals surface area contributed by atoms with Crippen molar-refractivity contribution >= 4 is 32.3 Å². The van der Waals surface area contributed by atoms with Gasteiger partial charge < -0.3 is 20.5 Å². The van der Waals surface area contributed by atoms with Gasteiger partial charge in [0.15, 0.2) is 11.5 Å². The first-order valence-corrected chi connectivity index (χ1v) is 14.9. The van der Waals surface area contributed by atoms with E-state index in [2.05, 4.69) is 10.0 Å². The molecule has 5 aromatic carbocycles. The molecule has 0 aromatic heterocycles. The van der Waals surface area contributed by atoms with E-state index in [0.29, 0.717) is 29.1 Å². The van der Waals surface area contributed by atoms with Gasteiger partial charge in [-0.1, -0.05) is 72.8 Å². The molecular formula is C33H32N4O4S. The Morgan fingerprint density at radius 2 is 1.57 bits per heavy atom. The Bertz CT molecular complexity index is 1790. The third-order valence-electron chi connectivity index (χ3n) is 6.88. The molecule has 214 valence electrons. The van der Waals surface area contributed by atoms with Crippen LogP contribution >= 0.6 is 0 Å². The highest BCUT2D eigenvalue weighted by atomic mass is 32.2. The van der Waals surface area contributed by atoms with Gasteiger partial charge in [-0.05, 0) is 59.0 Å². The number of rotatable bonds is 12. The van der Waals surface area contributed by atoms with Crippen LogP contribution in [0.5, 0.6) is 11.5 Å². The number of hydrogen-bond acceptors (Lipinski definition) is 6. The van der Waals surface area contributed by atoms with Crippen molar-refractivity contribution in [1.29, 1.82) is 5.41 Å². The molecule has 0 heterocycles. The lowest BCUT2D eigenvalue weighted by atomic mass is 10.1. The first kappa shape index (κ1) is 28.7.